The van der Waals surface area contributed by atoms with E-state index in [0.29, 0.717) is 17.9 Å². The number of nitrogens with zero attached hydrogens (tertiary/aromatic N) is 2. The molecule has 0 radical (unpaired) electrons. The quantitative estimate of drug-likeness (QED) is 0.439. The van der Waals surface area contributed by atoms with E-state index in [2.05, 4.69) is 34.1 Å². The third kappa shape index (κ3) is 4.52. The lowest BCUT2D eigenvalue weighted by atomic mass is 10.0. The summed E-state index contributed by atoms with van der Waals surface area (Å²) in [4.78, 5) is 25.3. The molecule has 154 valence electrons. The molecule has 4 rings (SSSR count). The number of thiazole rings is 1. The second kappa shape index (κ2) is 8.67. The van der Waals surface area contributed by atoms with Crippen molar-refractivity contribution >= 4 is 28.3 Å². The number of ether oxygens (including phenoxy) is 1. The van der Waals surface area contributed by atoms with Crippen LogP contribution in [0.1, 0.15) is 46.8 Å². The van der Waals surface area contributed by atoms with E-state index in [9.17, 15) is 4.79 Å². The van der Waals surface area contributed by atoms with Gasteiger partial charge in [0.15, 0.2) is 0 Å². The highest BCUT2D eigenvalue weighted by Gasteiger charge is 2.22. The molecule has 0 bridgehead atoms. The topological polar surface area (TPSA) is 79.9 Å². The van der Waals surface area contributed by atoms with Crippen LogP contribution in [0.15, 0.2) is 53.9 Å². The Bertz CT molecular complexity index is 1130. The Kier molecular flexibility index (Phi) is 5.81. The fourth-order valence-electron chi connectivity index (χ4n) is 3.25. The van der Waals surface area contributed by atoms with Gasteiger partial charge in [-0.25, -0.2) is 9.97 Å². The lowest BCUT2D eigenvalue weighted by molar-refractivity contribution is 0.0923. The van der Waals surface area contributed by atoms with Gasteiger partial charge in [0.05, 0.1) is 27.8 Å². The lowest BCUT2D eigenvalue weighted by Gasteiger charge is -2.20. The highest BCUT2D eigenvalue weighted by atomic mass is 32.1. The van der Waals surface area contributed by atoms with Crippen LogP contribution in [-0.4, -0.2) is 20.9 Å². The van der Waals surface area contributed by atoms with Gasteiger partial charge in [0, 0.05) is 10.9 Å². The van der Waals surface area contributed by atoms with Crippen LogP contribution in [0, 0.1) is 12.8 Å². The van der Waals surface area contributed by atoms with Crippen LogP contribution in [-0.2, 0) is 6.61 Å². The standard InChI is InChI=1S/C23H24N4O2S/c1-14(2)21(22-25-19-9-4-5-10-20(19)26-22)27-23(28)16-7-6-8-18(11-16)29-12-17-13-30-15(3)24-17/h4-11,13-14,21H,12H2,1-3H3,(H,25,26)(H,27,28)/t21-/m0/s1. The highest BCUT2D eigenvalue weighted by molar-refractivity contribution is 7.09. The maximum atomic E-state index is 13.0. The molecule has 0 aliphatic heterocycles. The molecule has 0 aliphatic carbocycles. The molecular formula is C23H24N4O2S. The van der Waals surface area contributed by atoms with Crippen LogP contribution < -0.4 is 10.1 Å². The molecule has 2 aromatic heterocycles. The average Bonchev–Trinajstić information content (AvgIpc) is 3.36. The van der Waals surface area contributed by atoms with Crippen LogP contribution in [0.2, 0.25) is 0 Å². The SMILES string of the molecule is Cc1nc(COc2cccc(C(=O)N[C@H](c3nc4ccccc4[nH]3)C(C)C)c2)cs1. The van der Waals surface area contributed by atoms with Gasteiger partial charge in [-0.2, -0.15) is 0 Å². The second-order valence-electron chi connectivity index (χ2n) is 7.51. The van der Waals surface area contributed by atoms with Gasteiger partial charge in [-0.05, 0) is 43.2 Å². The first-order valence-electron chi connectivity index (χ1n) is 9.89. The molecule has 2 heterocycles. The first kappa shape index (κ1) is 20.1. The van der Waals surface area contributed by atoms with E-state index in [4.69, 9.17) is 4.74 Å². The van der Waals surface area contributed by atoms with Gasteiger partial charge in [-0.3, -0.25) is 4.79 Å². The number of rotatable bonds is 7. The number of para-hydroxylation sites is 2. The summed E-state index contributed by atoms with van der Waals surface area (Å²) < 4.78 is 5.82. The van der Waals surface area contributed by atoms with Gasteiger partial charge in [0.2, 0.25) is 0 Å². The van der Waals surface area contributed by atoms with Crippen molar-refractivity contribution in [1.82, 2.24) is 20.3 Å². The Morgan fingerprint density at radius 3 is 2.73 bits per heavy atom. The Hall–Kier alpha value is -3.19. The number of H-pyrrole nitrogens is 1. The van der Waals surface area contributed by atoms with Crippen molar-refractivity contribution in [3.8, 4) is 5.75 Å². The van der Waals surface area contributed by atoms with Crippen LogP contribution in [0.5, 0.6) is 5.75 Å². The first-order valence-corrected chi connectivity index (χ1v) is 10.8. The van der Waals surface area contributed by atoms with E-state index in [1.807, 2.05) is 48.7 Å². The minimum atomic E-state index is -0.229. The molecule has 0 aliphatic rings. The molecule has 30 heavy (non-hydrogen) atoms. The van der Waals surface area contributed by atoms with Crippen molar-refractivity contribution in [2.75, 3.05) is 0 Å². The fourth-order valence-corrected chi connectivity index (χ4v) is 3.85. The zero-order valence-electron chi connectivity index (χ0n) is 17.2. The third-order valence-corrected chi connectivity index (χ3v) is 5.63. The summed E-state index contributed by atoms with van der Waals surface area (Å²) in [6.45, 7) is 6.47. The number of hydrogen-bond acceptors (Lipinski definition) is 5. The summed E-state index contributed by atoms with van der Waals surface area (Å²) in [5.41, 5.74) is 3.28. The first-order chi connectivity index (χ1) is 14.5. The molecule has 6 nitrogen and oxygen atoms in total. The van der Waals surface area contributed by atoms with E-state index in [1.54, 1.807) is 23.5 Å². The van der Waals surface area contributed by atoms with Crippen molar-refractivity contribution in [3.63, 3.8) is 0 Å². The van der Waals surface area contributed by atoms with Crippen molar-refractivity contribution in [2.45, 2.75) is 33.4 Å². The summed E-state index contributed by atoms with van der Waals surface area (Å²) in [5.74, 6) is 1.40. The van der Waals surface area contributed by atoms with E-state index >= 15 is 0 Å². The number of amides is 1. The largest absolute Gasteiger partial charge is 0.487 e. The van der Waals surface area contributed by atoms with Crippen LogP contribution in [0.4, 0.5) is 0 Å². The molecule has 7 heteroatoms. The number of nitrogens with one attached hydrogen (secondary N) is 2. The van der Waals surface area contributed by atoms with Gasteiger partial charge >= 0.3 is 0 Å². The highest BCUT2D eigenvalue weighted by Crippen LogP contribution is 2.23. The van der Waals surface area contributed by atoms with Gasteiger partial charge < -0.3 is 15.0 Å². The minimum absolute atomic E-state index is 0.163. The Balaban J connectivity index is 1.48. The molecule has 0 saturated heterocycles. The summed E-state index contributed by atoms with van der Waals surface area (Å²) in [7, 11) is 0. The molecule has 0 fully saturated rings. The molecule has 2 N–H and O–H groups in total. The average molecular weight is 421 g/mol. The summed E-state index contributed by atoms with van der Waals surface area (Å²) in [5, 5.41) is 6.10. The molecule has 2 aromatic carbocycles. The maximum absolute atomic E-state index is 13.0. The Labute approximate surface area is 179 Å². The van der Waals surface area contributed by atoms with E-state index in [-0.39, 0.29) is 17.9 Å². The normalized spacial score (nSPS) is 12.3. The molecule has 4 aromatic rings. The number of fused-ring (bicyclic) bond motifs is 1. The van der Waals surface area contributed by atoms with Crippen molar-refractivity contribution < 1.29 is 9.53 Å². The van der Waals surface area contributed by atoms with Crippen molar-refractivity contribution in [2.24, 2.45) is 5.92 Å². The number of aromatic amines is 1. The van der Waals surface area contributed by atoms with Gasteiger partial charge in [0.1, 0.15) is 18.2 Å². The lowest BCUT2D eigenvalue weighted by Crippen LogP contribution is -2.32. The number of benzene rings is 2. The maximum Gasteiger partial charge on any atom is 0.252 e. The van der Waals surface area contributed by atoms with Crippen LogP contribution in [0.3, 0.4) is 0 Å². The predicted molar refractivity (Wildman–Crippen MR) is 119 cm³/mol. The van der Waals surface area contributed by atoms with E-state index < -0.39 is 0 Å². The number of aromatic nitrogens is 3. The summed E-state index contributed by atoms with van der Waals surface area (Å²) >= 11 is 1.59. The minimum Gasteiger partial charge on any atom is -0.487 e. The van der Waals surface area contributed by atoms with E-state index in [1.165, 1.54) is 0 Å². The van der Waals surface area contributed by atoms with Gasteiger partial charge in [0.25, 0.3) is 5.91 Å². The number of carbonyl (C=O) groups is 1. The predicted octanol–water partition coefficient (Wildman–Crippen LogP) is 5.03. The Morgan fingerprint density at radius 2 is 2.00 bits per heavy atom. The monoisotopic (exact) mass is 420 g/mol. The number of hydrogen-bond donors (Lipinski definition) is 2. The molecule has 1 amide bonds. The van der Waals surface area contributed by atoms with Crippen molar-refractivity contribution in [1.29, 1.82) is 0 Å². The van der Waals surface area contributed by atoms with E-state index in [0.717, 1.165) is 27.6 Å². The number of imidazole rings is 1. The summed E-state index contributed by atoms with van der Waals surface area (Å²) in [6.07, 6.45) is 0. The summed E-state index contributed by atoms with van der Waals surface area (Å²) in [6, 6.07) is 14.8. The smallest absolute Gasteiger partial charge is 0.252 e. The number of aryl methyl sites for hydroxylation is 1. The Morgan fingerprint density at radius 1 is 1.17 bits per heavy atom. The third-order valence-electron chi connectivity index (χ3n) is 4.81. The van der Waals surface area contributed by atoms with Crippen LogP contribution >= 0.6 is 11.3 Å². The molecule has 1 atom stereocenters. The fraction of sp³-hybridized carbons (Fsp3) is 0.261. The molecular weight excluding hydrogens is 396 g/mol. The number of carbonyl (C=O) groups excluding carboxylic acids is 1. The van der Waals surface area contributed by atoms with Crippen molar-refractivity contribution in [3.05, 3.63) is 76.0 Å². The zero-order chi connectivity index (χ0) is 21.1. The second-order valence-corrected chi connectivity index (χ2v) is 8.57. The van der Waals surface area contributed by atoms with Crippen LogP contribution in [0.25, 0.3) is 11.0 Å². The zero-order valence-corrected chi connectivity index (χ0v) is 18.0. The molecule has 0 unspecified atom stereocenters. The molecule has 0 spiro atoms. The van der Waals surface area contributed by atoms with Gasteiger partial charge in [-0.1, -0.05) is 32.0 Å². The molecule has 0 saturated carbocycles. The van der Waals surface area contributed by atoms with Gasteiger partial charge in [-0.15, -0.1) is 11.3 Å².